The Labute approximate surface area is 96.4 Å². The van der Waals surface area contributed by atoms with E-state index in [4.69, 9.17) is 15.4 Å². The van der Waals surface area contributed by atoms with Crippen LogP contribution in [0, 0.1) is 0 Å². The third kappa shape index (κ3) is 3.31. The standard InChI is InChI=1S/C9H9ClF2O3S/c1-15-8-6(5-16(10,13)14)3-2-4-7(8)9(11)12/h2-4,9H,5H2,1H3. The number of methoxy groups -OCH3 is 1. The van der Waals surface area contributed by atoms with Crippen molar-refractivity contribution in [1.29, 1.82) is 0 Å². The molecule has 0 fully saturated rings. The smallest absolute Gasteiger partial charge is 0.267 e. The van der Waals surface area contributed by atoms with Crippen molar-refractivity contribution in [3.05, 3.63) is 29.3 Å². The summed E-state index contributed by atoms with van der Waals surface area (Å²) in [6.07, 6.45) is -2.73. The van der Waals surface area contributed by atoms with E-state index >= 15 is 0 Å². The number of para-hydroxylation sites is 1. The van der Waals surface area contributed by atoms with Gasteiger partial charge in [0, 0.05) is 16.2 Å². The SMILES string of the molecule is COc1c(CS(=O)(=O)Cl)cccc1C(F)F. The van der Waals surface area contributed by atoms with E-state index in [1.807, 2.05) is 0 Å². The van der Waals surface area contributed by atoms with Gasteiger partial charge in [0.2, 0.25) is 9.05 Å². The lowest BCUT2D eigenvalue weighted by Crippen LogP contribution is -2.01. The zero-order chi connectivity index (χ0) is 12.3. The maximum atomic E-state index is 12.6. The van der Waals surface area contributed by atoms with Crippen LogP contribution in [-0.4, -0.2) is 15.5 Å². The molecule has 0 atom stereocenters. The van der Waals surface area contributed by atoms with Gasteiger partial charge in [-0.25, -0.2) is 17.2 Å². The molecule has 0 aliphatic heterocycles. The molecule has 3 nitrogen and oxygen atoms in total. The van der Waals surface area contributed by atoms with Crippen molar-refractivity contribution in [2.75, 3.05) is 7.11 Å². The Bertz CT molecular complexity index is 474. The molecule has 0 amide bonds. The molecule has 1 aromatic rings. The van der Waals surface area contributed by atoms with Gasteiger partial charge in [-0.3, -0.25) is 0 Å². The first-order valence-corrected chi connectivity index (χ1v) is 6.69. The summed E-state index contributed by atoms with van der Waals surface area (Å²) in [5.74, 6) is -0.681. The molecule has 0 unspecified atom stereocenters. The van der Waals surface area contributed by atoms with Crippen LogP contribution in [0.4, 0.5) is 8.78 Å². The molecule has 0 aromatic heterocycles. The predicted octanol–water partition coefficient (Wildman–Crippen LogP) is 2.70. The van der Waals surface area contributed by atoms with Crippen LogP contribution in [0.3, 0.4) is 0 Å². The van der Waals surface area contributed by atoms with Crippen LogP contribution in [0.2, 0.25) is 0 Å². The summed E-state index contributed by atoms with van der Waals surface area (Å²) >= 11 is 0. The lowest BCUT2D eigenvalue weighted by Gasteiger charge is -2.11. The first kappa shape index (κ1) is 13.2. The van der Waals surface area contributed by atoms with E-state index in [2.05, 4.69) is 0 Å². The van der Waals surface area contributed by atoms with E-state index in [1.165, 1.54) is 25.3 Å². The number of hydrogen-bond donors (Lipinski definition) is 0. The van der Waals surface area contributed by atoms with E-state index in [0.29, 0.717) is 0 Å². The largest absolute Gasteiger partial charge is 0.496 e. The normalized spacial score (nSPS) is 11.8. The molecule has 0 saturated heterocycles. The van der Waals surface area contributed by atoms with Crippen LogP contribution in [0.15, 0.2) is 18.2 Å². The fraction of sp³-hybridized carbons (Fsp3) is 0.333. The average molecular weight is 271 g/mol. The van der Waals surface area contributed by atoms with Gasteiger partial charge < -0.3 is 4.74 Å². The minimum absolute atomic E-state index is 0.121. The van der Waals surface area contributed by atoms with Crippen molar-refractivity contribution in [3.8, 4) is 5.75 Å². The Kier molecular flexibility index (Phi) is 4.09. The zero-order valence-electron chi connectivity index (χ0n) is 8.28. The molecule has 1 rings (SSSR count). The van der Waals surface area contributed by atoms with Crippen LogP contribution in [0.25, 0.3) is 0 Å². The molecule has 90 valence electrons. The van der Waals surface area contributed by atoms with Crippen molar-refractivity contribution in [3.63, 3.8) is 0 Å². The molecule has 0 N–H and O–H groups in total. The van der Waals surface area contributed by atoms with E-state index in [1.54, 1.807) is 0 Å². The quantitative estimate of drug-likeness (QED) is 0.790. The molecule has 0 bridgehead atoms. The number of halogens is 3. The number of benzene rings is 1. The Morgan fingerprint density at radius 3 is 2.50 bits per heavy atom. The summed E-state index contributed by atoms with van der Waals surface area (Å²) in [6, 6.07) is 3.89. The fourth-order valence-electron chi connectivity index (χ4n) is 1.32. The van der Waals surface area contributed by atoms with Gasteiger partial charge in [0.05, 0.1) is 18.4 Å². The third-order valence-electron chi connectivity index (χ3n) is 1.89. The molecule has 0 aliphatic rings. The molecule has 1 aromatic carbocycles. The van der Waals surface area contributed by atoms with Gasteiger partial charge in [0.1, 0.15) is 5.75 Å². The Hall–Kier alpha value is -0.880. The molecule has 0 heterocycles. The summed E-state index contributed by atoms with van der Waals surface area (Å²) in [5, 5.41) is 0. The second-order valence-corrected chi connectivity index (χ2v) is 5.80. The molecule has 0 radical (unpaired) electrons. The maximum Gasteiger partial charge on any atom is 0.267 e. The number of hydrogen-bond acceptors (Lipinski definition) is 3. The second-order valence-electron chi connectivity index (χ2n) is 3.02. The third-order valence-corrected chi connectivity index (χ3v) is 2.88. The average Bonchev–Trinajstić information content (AvgIpc) is 2.14. The van der Waals surface area contributed by atoms with Gasteiger partial charge in [0.15, 0.2) is 0 Å². The predicted molar refractivity (Wildman–Crippen MR) is 56.4 cm³/mol. The van der Waals surface area contributed by atoms with Crippen LogP contribution in [0.5, 0.6) is 5.75 Å². The van der Waals surface area contributed by atoms with Crippen molar-refractivity contribution in [2.45, 2.75) is 12.2 Å². The molecular weight excluding hydrogens is 262 g/mol. The molecular formula is C9H9ClF2O3S. The molecule has 0 spiro atoms. The number of ether oxygens (including phenoxy) is 1. The van der Waals surface area contributed by atoms with Gasteiger partial charge in [-0.15, -0.1) is 0 Å². The van der Waals surface area contributed by atoms with Crippen LogP contribution >= 0.6 is 10.7 Å². The van der Waals surface area contributed by atoms with E-state index < -0.39 is 21.2 Å². The highest BCUT2D eigenvalue weighted by molar-refractivity contribution is 8.13. The highest BCUT2D eigenvalue weighted by Crippen LogP contribution is 2.33. The molecule has 0 aliphatic carbocycles. The van der Waals surface area contributed by atoms with Crippen LogP contribution in [-0.2, 0) is 14.8 Å². The topological polar surface area (TPSA) is 43.4 Å². The van der Waals surface area contributed by atoms with Crippen molar-refractivity contribution < 1.29 is 21.9 Å². The van der Waals surface area contributed by atoms with E-state index in [0.717, 1.165) is 0 Å². The summed E-state index contributed by atoms with van der Waals surface area (Å²) in [4.78, 5) is 0. The number of alkyl halides is 2. The highest BCUT2D eigenvalue weighted by Gasteiger charge is 2.19. The summed E-state index contributed by atoms with van der Waals surface area (Å²) in [7, 11) is 2.45. The number of rotatable bonds is 4. The summed E-state index contributed by atoms with van der Waals surface area (Å²) in [6.45, 7) is 0. The minimum atomic E-state index is -3.80. The Morgan fingerprint density at radius 2 is 2.06 bits per heavy atom. The van der Waals surface area contributed by atoms with E-state index in [-0.39, 0.29) is 16.9 Å². The van der Waals surface area contributed by atoms with Crippen LogP contribution in [0.1, 0.15) is 17.6 Å². The Balaban J connectivity index is 3.24. The molecule has 0 saturated carbocycles. The zero-order valence-corrected chi connectivity index (χ0v) is 9.86. The second kappa shape index (κ2) is 4.97. The lowest BCUT2D eigenvalue weighted by atomic mass is 10.1. The minimum Gasteiger partial charge on any atom is -0.496 e. The van der Waals surface area contributed by atoms with Crippen LogP contribution < -0.4 is 4.74 Å². The maximum absolute atomic E-state index is 12.6. The monoisotopic (exact) mass is 270 g/mol. The highest BCUT2D eigenvalue weighted by atomic mass is 35.7. The van der Waals surface area contributed by atoms with E-state index in [9.17, 15) is 17.2 Å². The lowest BCUT2D eigenvalue weighted by molar-refractivity contribution is 0.147. The van der Waals surface area contributed by atoms with Crippen molar-refractivity contribution >= 4 is 19.7 Å². The Morgan fingerprint density at radius 1 is 1.44 bits per heavy atom. The van der Waals surface area contributed by atoms with Crippen molar-refractivity contribution in [2.24, 2.45) is 0 Å². The van der Waals surface area contributed by atoms with Gasteiger partial charge in [-0.05, 0) is 6.07 Å². The molecule has 16 heavy (non-hydrogen) atoms. The van der Waals surface area contributed by atoms with Gasteiger partial charge in [-0.1, -0.05) is 12.1 Å². The first-order chi connectivity index (χ1) is 7.35. The molecule has 7 heteroatoms. The fourth-order valence-corrected chi connectivity index (χ4v) is 2.28. The summed E-state index contributed by atoms with van der Waals surface area (Å²) in [5.41, 5.74) is -0.226. The van der Waals surface area contributed by atoms with Crippen molar-refractivity contribution in [1.82, 2.24) is 0 Å². The van der Waals surface area contributed by atoms with Gasteiger partial charge >= 0.3 is 0 Å². The van der Waals surface area contributed by atoms with Gasteiger partial charge in [-0.2, -0.15) is 0 Å². The summed E-state index contributed by atoms with van der Waals surface area (Å²) < 4.78 is 51.7. The first-order valence-electron chi connectivity index (χ1n) is 4.21. The van der Waals surface area contributed by atoms with Gasteiger partial charge in [0.25, 0.3) is 6.43 Å².